The summed E-state index contributed by atoms with van der Waals surface area (Å²) in [6.45, 7) is -0.330. The Morgan fingerprint density at radius 1 is 1.60 bits per heavy atom. The van der Waals surface area contributed by atoms with Crippen LogP contribution in [0.5, 0.6) is 0 Å². The van der Waals surface area contributed by atoms with Crippen LogP contribution in [0.3, 0.4) is 0 Å². The molecule has 82 valence electrons. The van der Waals surface area contributed by atoms with Crippen LogP contribution < -0.4 is 5.73 Å². The van der Waals surface area contributed by atoms with Gasteiger partial charge in [0, 0.05) is 12.7 Å². The van der Waals surface area contributed by atoms with Crippen molar-refractivity contribution in [2.45, 2.75) is 13.0 Å². The number of pyridine rings is 1. The van der Waals surface area contributed by atoms with Crippen LogP contribution in [-0.2, 0) is 6.54 Å². The van der Waals surface area contributed by atoms with Crippen LogP contribution in [-0.4, -0.2) is 16.1 Å². The van der Waals surface area contributed by atoms with Crippen LogP contribution in [0.4, 0.5) is 13.2 Å². The number of aromatic carboxylic acids is 1. The molecule has 1 aromatic heterocycles. The Morgan fingerprint density at radius 3 is 2.60 bits per heavy atom. The predicted octanol–water partition coefficient (Wildman–Crippen LogP) is 1.32. The van der Waals surface area contributed by atoms with E-state index in [1.54, 1.807) is 0 Å². The first-order valence-electron chi connectivity index (χ1n) is 3.87. The third-order valence-corrected chi connectivity index (χ3v) is 1.78. The van der Waals surface area contributed by atoms with Gasteiger partial charge < -0.3 is 10.8 Å². The summed E-state index contributed by atoms with van der Waals surface area (Å²) in [4.78, 5) is 13.6. The maximum absolute atomic E-state index is 13.2. The van der Waals surface area contributed by atoms with Gasteiger partial charge in [0.25, 0.3) is 6.43 Å². The fraction of sp³-hybridized carbons (Fsp3) is 0.250. The molecule has 3 N–H and O–H groups in total. The van der Waals surface area contributed by atoms with E-state index in [4.69, 9.17) is 10.8 Å². The SMILES string of the molecule is NCc1cnc(C(=O)O)c(F)c1C(F)F. The van der Waals surface area contributed by atoms with Gasteiger partial charge in [0.15, 0.2) is 11.5 Å². The molecule has 1 rings (SSSR count). The van der Waals surface area contributed by atoms with E-state index in [0.717, 1.165) is 6.20 Å². The van der Waals surface area contributed by atoms with Crippen LogP contribution in [0.25, 0.3) is 0 Å². The van der Waals surface area contributed by atoms with Crippen molar-refractivity contribution in [3.8, 4) is 0 Å². The maximum atomic E-state index is 13.2. The number of halogens is 3. The van der Waals surface area contributed by atoms with E-state index in [2.05, 4.69) is 4.98 Å². The minimum absolute atomic E-state index is 0.201. The molecule has 7 heteroatoms. The lowest BCUT2D eigenvalue weighted by Gasteiger charge is -2.08. The average Bonchev–Trinajstić information content (AvgIpc) is 2.15. The van der Waals surface area contributed by atoms with E-state index in [1.807, 2.05) is 0 Å². The second-order valence-corrected chi connectivity index (χ2v) is 2.67. The Bertz CT molecular complexity index is 396. The summed E-state index contributed by atoms with van der Waals surface area (Å²) in [5.74, 6) is -3.22. The highest BCUT2D eigenvalue weighted by Crippen LogP contribution is 2.26. The molecule has 15 heavy (non-hydrogen) atoms. The van der Waals surface area contributed by atoms with Gasteiger partial charge in [-0.2, -0.15) is 0 Å². The van der Waals surface area contributed by atoms with E-state index < -0.39 is 29.5 Å². The fourth-order valence-corrected chi connectivity index (χ4v) is 1.08. The molecule has 0 aromatic carbocycles. The molecular weight excluding hydrogens is 213 g/mol. The number of alkyl halides is 2. The van der Waals surface area contributed by atoms with Gasteiger partial charge in [0.05, 0.1) is 5.56 Å². The molecule has 0 fully saturated rings. The number of carboxylic acids is 1. The summed E-state index contributed by atoms with van der Waals surface area (Å²) >= 11 is 0. The molecule has 0 spiro atoms. The van der Waals surface area contributed by atoms with E-state index >= 15 is 0 Å². The number of hydrogen-bond acceptors (Lipinski definition) is 3. The monoisotopic (exact) mass is 220 g/mol. The van der Waals surface area contributed by atoms with Crippen LogP contribution in [0.1, 0.15) is 28.0 Å². The normalized spacial score (nSPS) is 10.7. The lowest BCUT2D eigenvalue weighted by molar-refractivity contribution is 0.0683. The number of nitrogens with two attached hydrogens (primary N) is 1. The van der Waals surface area contributed by atoms with Gasteiger partial charge in [-0.3, -0.25) is 0 Å². The minimum Gasteiger partial charge on any atom is -0.476 e. The summed E-state index contributed by atoms with van der Waals surface area (Å²) in [6.07, 6.45) is -2.28. The van der Waals surface area contributed by atoms with Gasteiger partial charge in [-0.05, 0) is 5.56 Å². The largest absolute Gasteiger partial charge is 0.476 e. The number of carboxylic acid groups (broad SMARTS) is 1. The Hall–Kier alpha value is -1.63. The Morgan fingerprint density at radius 2 is 2.20 bits per heavy atom. The quantitative estimate of drug-likeness (QED) is 0.805. The molecule has 1 aromatic rings. The van der Waals surface area contributed by atoms with Crippen molar-refractivity contribution in [3.05, 3.63) is 28.8 Å². The fourth-order valence-electron chi connectivity index (χ4n) is 1.08. The molecule has 0 aliphatic rings. The van der Waals surface area contributed by atoms with Gasteiger partial charge in [0.1, 0.15) is 0 Å². The molecule has 0 aliphatic heterocycles. The number of hydrogen-bond donors (Lipinski definition) is 2. The first-order chi connectivity index (χ1) is 6.99. The molecule has 0 bridgehead atoms. The molecule has 0 amide bonds. The van der Waals surface area contributed by atoms with Crippen molar-refractivity contribution in [2.24, 2.45) is 5.73 Å². The molecule has 0 saturated carbocycles. The second kappa shape index (κ2) is 4.26. The van der Waals surface area contributed by atoms with Crippen LogP contribution in [0.2, 0.25) is 0 Å². The van der Waals surface area contributed by atoms with Crippen LogP contribution in [0.15, 0.2) is 6.20 Å². The highest BCUT2D eigenvalue weighted by molar-refractivity contribution is 5.85. The molecular formula is C8H7F3N2O2. The third-order valence-electron chi connectivity index (χ3n) is 1.78. The zero-order valence-corrected chi connectivity index (χ0v) is 7.38. The van der Waals surface area contributed by atoms with E-state index in [0.29, 0.717) is 0 Å². The maximum Gasteiger partial charge on any atom is 0.357 e. The van der Waals surface area contributed by atoms with Gasteiger partial charge >= 0.3 is 5.97 Å². The average molecular weight is 220 g/mol. The predicted molar refractivity (Wildman–Crippen MR) is 44.0 cm³/mol. The molecule has 0 unspecified atom stereocenters. The van der Waals surface area contributed by atoms with Crippen LogP contribution in [0, 0.1) is 5.82 Å². The summed E-state index contributed by atoms with van der Waals surface area (Å²) in [5.41, 5.74) is 2.87. The minimum atomic E-state index is -3.12. The van der Waals surface area contributed by atoms with Crippen molar-refractivity contribution in [1.82, 2.24) is 4.98 Å². The highest BCUT2D eigenvalue weighted by Gasteiger charge is 2.24. The van der Waals surface area contributed by atoms with E-state index in [-0.39, 0.29) is 12.1 Å². The topological polar surface area (TPSA) is 76.2 Å². The standard InChI is InChI=1S/C8H7F3N2O2/c9-5-4(7(10)11)3(1-12)2-13-6(5)8(14)15/h2,7H,1,12H2,(H,14,15). The van der Waals surface area contributed by atoms with Gasteiger partial charge in [-0.15, -0.1) is 0 Å². The first-order valence-corrected chi connectivity index (χ1v) is 3.87. The summed E-state index contributed by atoms with van der Waals surface area (Å²) in [5, 5.41) is 8.46. The summed E-state index contributed by atoms with van der Waals surface area (Å²) in [7, 11) is 0. The zero-order chi connectivity index (χ0) is 11.6. The van der Waals surface area contributed by atoms with Crippen molar-refractivity contribution < 1.29 is 23.1 Å². The van der Waals surface area contributed by atoms with Crippen molar-refractivity contribution in [3.63, 3.8) is 0 Å². The van der Waals surface area contributed by atoms with Crippen molar-refractivity contribution in [1.29, 1.82) is 0 Å². The summed E-state index contributed by atoms with van der Waals surface area (Å²) < 4.78 is 38.0. The smallest absolute Gasteiger partial charge is 0.357 e. The number of nitrogens with zero attached hydrogens (tertiary/aromatic N) is 1. The van der Waals surface area contributed by atoms with E-state index in [1.165, 1.54) is 0 Å². The van der Waals surface area contributed by atoms with Gasteiger partial charge in [0.2, 0.25) is 0 Å². The highest BCUT2D eigenvalue weighted by atomic mass is 19.3. The third kappa shape index (κ3) is 2.07. The molecule has 0 radical (unpaired) electrons. The lowest BCUT2D eigenvalue weighted by atomic mass is 10.1. The molecule has 1 heterocycles. The van der Waals surface area contributed by atoms with Crippen molar-refractivity contribution in [2.75, 3.05) is 0 Å². The van der Waals surface area contributed by atoms with Gasteiger partial charge in [-0.25, -0.2) is 22.9 Å². The number of rotatable bonds is 3. The van der Waals surface area contributed by atoms with Crippen LogP contribution >= 0.6 is 0 Å². The number of carbonyl (C=O) groups is 1. The van der Waals surface area contributed by atoms with Crippen molar-refractivity contribution >= 4 is 5.97 Å². The second-order valence-electron chi connectivity index (χ2n) is 2.67. The Labute approximate surface area is 82.5 Å². The molecule has 0 aliphatic carbocycles. The summed E-state index contributed by atoms with van der Waals surface area (Å²) in [6, 6.07) is 0. The molecule has 4 nitrogen and oxygen atoms in total. The Kier molecular flexibility index (Phi) is 3.25. The zero-order valence-electron chi connectivity index (χ0n) is 7.38. The Balaban J connectivity index is 3.42. The number of aromatic nitrogens is 1. The lowest BCUT2D eigenvalue weighted by Crippen LogP contribution is -2.12. The first kappa shape index (κ1) is 11.4. The molecule has 0 saturated heterocycles. The van der Waals surface area contributed by atoms with E-state index in [9.17, 15) is 18.0 Å². The van der Waals surface area contributed by atoms with Gasteiger partial charge in [-0.1, -0.05) is 0 Å². The molecule has 0 atom stereocenters.